The quantitative estimate of drug-likeness (QED) is 0.515. The van der Waals surface area contributed by atoms with Gasteiger partial charge in [-0.15, -0.1) is 0 Å². The van der Waals surface area contributed by atoms with Gasteiger partial charge in [-0.3, -0.25) is 19.2 Å². The largest absolute Gasteiger partial charge is 0.443 e. The van der Waals surface area contributed by atoms with E-state index >= 15 is 0 Å². The normalized spacial score (nSPS) is 13.2. The molecule has 3 amide bonds. The van der Waals surface area contributed by atoms with Crippen LogP contribution < -0.4 is 16.0 Å². The van der Waals surface area contributed by atoms with E-state index < -0.39 is 23.5 Å². The van der Waals surface area contributed by atoms with E-state index in [0.717, 1.165) is 12.8 Å². The molecular weight excluding hydrogens is 462 g/mol. The Labute approximate surface area is 208 Å². The minimum atomic E-state index is -0.752. The van der Waals surface area contributed by atoms with Crippen molar-refractivity contribution < 1.29 is 19.1 Å². The Hall–Kier alpha value is -4.28. The molecule has 0 unspecified atom stereocenters. The lowest BCUT2D eigenvalue weighted by molar-refractivity contribution is 0.0577. The molecule has 36 heavy (non-hydrogen) atoms. The van der Waals surface area contributed by atoms with Gasteiger partial charge in [0.25, 0.3) is 11.8 Å². The Balaban J connectivity index is 1.59. The van der Waals surface area contributed by atoms with Gasteiger partial charge < -0.3 is 15.8 Å². The summed E-state index contributed by atoms with van der Waals surface area (Å²) in [5.41, 5.74) is 6.19. The third-order valence-corrected chi connectivity index (χ3v) is 5.36. The van der Waals surface area contributed by atoms with E-state index in [0.29, 0.717) is 29.5 Å². The van der Waals surface area contributed by atoms with Crippen LogP contribution in [0.3, 0.4) is 0 Å². The van der Waals surface area contributed by atoms with Gasteiger partial charge in [0, 0.05) is 31.5 Å². The predicted molar refractivity (Wildman–Crippen MR) is 133 cm³/mol. The summed E-state index contributed by atoms with van der Waals surface area (Å²) >= 11 is 0. The number of hydrogen-bond acceptors (Lipinski definition) is 7. The van der Waals surface area contributed by atoms with Gasteiger partial charge in [0.15, 0.2) is 5.69 Å². The molecule has 3 N–H and O–H groups in total. The highest BCUT2D eigenvalue weighted by Gasteiger charge is 2.31. The van der Waals surface area contributed by atoms with Gasteiger partial charge in [0.2, 0.25) is 0 Å². The summed E-state index contributed by atoms with van der Waals surface area (Å²) in [6.45, 7) is 5.99. The number of ether oxygens (including phenoxy) is 1. The number of carbonyl (C=O) groups excluding carboxylic acids is 3. The first-order chi connectivity index (χ1) is 17.0. The number of primary amides is 1. The third-order valence-electron chi connectivity index (χ3n) is 5.36. The second kappa shape index (κ2) is 9.76. The summed E-state index contributed by atoms with van der Waals surface area (Å²) in [7, 11) is 1.62. The predicted octanol–water partition coefficient (Wildman–Crippen LogP) is 3.38. The first kappa shape index (κ1) is 24.8. The number of rotatable bonds is 7. The van der Waals surface area contributed by atoms with E-state index in [9.17, 15) is 14.4 Å². The number of amides is 3. The zero-order valence-electron chi connectivity index (χ0n) is 20.7. The number of nitrogens with one attached hydrogen (secondary N) is 1. The Kier molecular flexibility index (Phi) is 6.73. The van der Waals surface area contributed by atoms with Gasteiger partial charge in [0.05, 0.1) is 11.4 Å². The molecule has 1 aliphatic carbocycles. The molecule has 1 saturated carbocycles. The van der Waals surface area contributed by atoms with Crippen LogP contribution in [0, 0.1) is 5.92 Å². The van der Waals surface area contributed by atoms with Crippen molar-refractivity contribution in [3.8, 4) is 11.3 Å². The highest BCUT2D eigenvalue weighted by atomic mass is 16.6. The smallest absolute Gasteiger partial charge is 0.416 e. The van der Waals surface area contributed by atoms with Crippen LogP contribution in [0.4, 0.5) is 16.3 Å². The summed E-state index contributed by atoms with van der Waals surface area (Å²) in [6, 6.07) is 8.52. The monoisotopic (exact) mass is 491 g/mol. The number of aromatic nitrogens is 4. The van der Waals surface area contributed by atoms with E-state index in [1.807, 2.05) is 20.8 Å². The number of anilines is 2. The Morgan fingerprint density at radius 2 is 1.97 bits per heavy atom. The molecule has 0 aromatic carbocycles. The van der Waals surface area contributed by atoms with Crippen LogP contribution in [0.5, 0.6) is 0 Å². The number of carbonyl (C=O) groups is 3. The van der Waals surface area contributed by atoms with E-state index in [4.69, 9.17) is 10.5 Å². The molecular formula is C25H29N7O4. The molecule has 188 valence electrons. The van der Waals surface area contributed by atoms with Gasteiger partial charge in [-0.1, -0.05) is 6.07 Å². The lowest BCUT2D eigenvalue weighted by Crippen LogP contribution is -2.38. The van der Waals surface area contributed by atoms with Crippen LogP contribution in [0.2, 0.25) is 0 Å². The van der Waals surface area contributed by atoms with E-state index in [1.165, 1.54) is 10.9 Å². The van der Waals surface area contributed by atoms with Crippen molar-refractivity contribution in [1.29, 1.82) is 0 Å². The highest BCUT2D eigenvalue weighted by molar-refractivity contribution is 6.07. The maximum atomic E-state index is 12.9. The van der Waals surface area contributed by atoms with Crippen LogP contribution in [-0.4, -0.2) is 49.8 Å². The molecule has 1 fully saturated rings. The average molecular weight is 492 g/mol. The zero-order valence-corrected chi connectivity index (χ0v) is 20.7. The maximum Gasteiger partial charge on any atom is 0.416 e. The summed E-state index contributed by atoms with van der Waals surface area (Å²) < 4.78 is 6.99. The Bertz CT molecular complexity index is 1310. The molecule has 0 aliphatic heterocycles. The van der Waals surface area contributed by atoms with Gasteiger partial charge in [0.1, 0.15) is 17.1 Å². The van der Waals surface area contributed by atoms with Gasteiger partial charge in [-0.05, 0) is 63.8 Å². The van der Waals surface area contributed by atoms with Crippen molar-refractivity contribution >= 4 is 29.4 Å². The molecule has 11 heteroatoms. The molecule has 1 aliphatic rings. The fourth-order valence-corrected chi connectivity index (χ4v) is 3.53. The number of hydrogen-bond donors (Lipinski definition) is 2. The van der Waals surface area contributed by atoms with Crippen molar-refractivity contribution in [3.05, 3.63) is 54.1 Å². The number of pyridine rings is 2. The van der Waals surface area contributed by atoms with Crippen LogP contribution in [-0.2, 0) is 11.8 Å². The molecule has 4 rings (SSSR count). The average Bonchev–Trinajstić information content (AvgIpc) is 3.56. The van der Waals surface area contributed by atoms with Crippen molar-refractivity contribution in [2.24, 2.45) is 18.7 Å². The summed E-state index contributed by atoms with van der Waals surface area (Å²) in [4.78, 5) is 47.8. The van der Waals surface area contributed by atoms with Crippen molar-refractivity contribution in [1.82, 2.24) is 19.7 Å². The molecule has 0 bridgehead atoms. The molecule has 3 aromatic rings. The summed E-state index contributed by atoms with van der Waals surface area (Å²) in [6.07, 6.45) is 4.75. The van der Waals surface area contributed by atoms with Gasteiger partial charge in [-0.25, -0.2) is 14.8 Å². The molecule has 0 spiro atoms. The maximum absolute atomic E-state index is 12.9. The summed E-state index contributed by atoms with van der Waals surface area (Å²) in [5.74, 6) is -0.402. The van der Waals surface area contributed by atoms with Crippen molar-refractivity contribution in [2.45, 2.75) is 39.2 Å². The number of nitrogens with two attached hydrogens (primary N) is 1. The number of nitrogens with zero attached hydrogens (tertiary/aromatic N) is 5. The molecule has 0 radical (unpaired) electrons. The SMILES string of the molecule is Cn1cc(NC(=O)c2cccc(-c3ccnc(N(CC4CC4)C(=O)OC(C)(C)C)c3)n2)c(C(N)=O)n1. The second-order valence-corrected chi connectivity index (χ2v) is 9.73. The Morgan fingerprint density at radius 1 is 1.22 bits per heavy atom. The van der Waals surface area contributed by atoms with E-state index in [1.54, 1.807) is 48.5 Å². The minimum absolute atomic E-state index is 0.0429. The van der Waals surface area contributed by atoms with Crippen LogP contribution in [0.15, 0.2) is 42.7 Å². The second-order valence-electron chi connectivity index (χ2n) is 9.73. The van der Waals surface area contributed by atoms with Crippen molar-refractivity contribution in [3.63, 3.8) is 0 Å². The number of aryl methyl sites for hydroxylation is 1. The molecule has 11 nitrogen and oxygen atoms in total. The van der Waals surface area contributed by atoms with E-state index in [2.05, 4.69) is 20.4 Å². The van der Waals surface area contributed by atoms with Crippen molar-refractivity contribution in [2.75, 3.05) is 16.8 Å². The minimum Gasteiger partial charge on any atom is -0.443 e. The first-order valence-electron chi connectivity index (χ1n) is 11.6. The standard InChI is InChI=1S/C25H29N7O4/c1-25(2,3)36-24(35)32(13-15-8-9-15)20-12-16(10-11-27-20)17-6-5-7-18(28-17)23(34)29-19-14-31(4)30-21(19)22(26)33/h5-7,10-12,14-15H,8-9,13H2,1-4H3,(H2,26,33)(H,29,34). The molecule has 3 aromatic heterocycles. The topological polar surface area (TPSA) is 145 Å². The third kappa shape index (κ3) is 6.04. The molecule has 0 atom stereocenters. The Morgan fingerprint density at radius 3 is 2.64 bits per heavy atom. The molecule has 0 saturated heterocycles. The zero-order chi connectivity index (χ0) is 26.0. The molecule has 3 heterocycles. The van der Waals surface area contributed by atoms with Gasteiger partial charge in [-0.2, -0.15) is 5.10 Å². The lowest BCUT2D eigenvalue weighted by Gasteiger charge is -2.27. The fourth-order valence-electron chi connectivity index (χ4n) is 3.53. The highest BCUT2D eigenvalue weighted by Crippen LogP contribution is 2.32. The summed E-state index contributed by atoms with van der Waals surface area (Å²) in [5, 5.41) is 6.60. The lowest BCUT2D eigenvalue weighted by atomic mass is 10.1. The van der Waals surface area contributed by atoms with Crippen LogP contribution in [0.1, 0.15) is 54.6 Å². The van der Waals surface area contributed by atoms with E-state index in [-0.39, 0.29) is 17.1 Å². The fraction of sp³-hybridized carbons (Fsp3) is 0.360. The first-order valence-corrected chi connectivity index (χ1v) is 11.6. The van der Waals surface area contributed by atoms with Crippen LogP contribution >= 0.6 is 0 Å². The van der Waals surface area contributed by atoms with Crippen LogP contribution in [0.25, 0.3) is 11.3 Å². The van der Waals surface area contributed by atoms with Gasteiger partial charge >= 0.3 is 6.09 Å².